The molecule has 2 aliphatic heterocycles. The van der Waals surface area contributed by atoms with Gasteiger partial charge in [-0.15, -0.1) is 0 Å². The van der Waals surface area contributed by atoms with Gasteiger partial charge in [0.15, 0.2) is 0 Å². The van der Waals surface area contributed by atoms with Gasteiger partial charge in [-0.25, -0.2) is 0 Å². The van der Waals surface area contributed by atoms with Gasteiger partial charge >= 0.3 is 0 Å². The lowest BCUT2D eigenvalue weighted by Gasteiger charge is -2.34. The second-order valence-electron chi connectivity index (χ2n) is 7.59. The first-order valence-corrected chi connectivity index (χ1v) is 9.33. The summed E-state index contributed by atoms with van der Waals surface area (Å²) in [6.45, 7) is 6.59. The number of rotatable bonds is 5. The minimum Gasteiger partial charge on any atom is -0.496 e. The van der Waals surface area contributed by atoms with E-state index in [0.29, 0.717) is 5.41 Å². The maximum Gasteiger partial charge on any atom is 0.123 e. The number of ether oxygens (including phenoxy) is 1. The van der Waals surface area contributed by atoms with Crippen LogP contribution in [0.15, 0.2) is 36.7 Å². The summed E-state index contributed by atoms with van der Waals surface area (Å²) in [5.41, 5.74) is 3.07. The smallest absolute Gasteiger partial charge is 0.123 e. The molecule has 0 aliphatic carbocycles. The SMILES string of the molecule is COc1ccc(CN2CC[C@]3(CCCNC3)C2)cc1Cn1cccn1. The van der Waals surface area contributed by atoms with Gasteiger partial charge in [0.2, 0.25) is 0 Å². The Labute approximate surface area is 150 Å². The predicted octanol–water partition coefficient (Wildman–Crippen LogP) is 2.52. The summed E-state index contributed by atoms with van der Waals surface area (Å²) in [5.74, 6) is 0.939. The van der Waals surface area contributed by atoms with Gasteiger partial charge in [-0.2, -0.15) is 5.10 Å². The second-order valence-corrected chi connectivity index (χ2v) is 7.59. The zero-order valence-corrected chi connectivity index (χ0v) is 15.1. The quantitative estimate of drug-likeness (QED) is 0.908. The van der Waals surface area contributed by atoms with E-state index in [-0.39, 0.29) is 0 Å². The molecule has 2 fully saturated rings. The molecule has 1 aromatic heterocycles. The number of nitrogens with one attached hydrogen (secondary N) is 1. The highest BCUT2D eigenvalue weighted by Gasteiger charge is 2.38. The first kappa shape index (κ1) is 16.6. The van der Waals surface area contributed by atoms with Crippen molar-refractivity contribution in [1.29, 1.82) is 0 Å². The highest BCUT2D eigenvalue weighted by Crippen LogP contribution is 2.37. The van der Waals surface area contributed by atoms with E-state index in [1.165, 1.54) is 56.6 Å². The number of methoxy groups -OCH3 is 1. The molecule has 0 unspecified atom stereocenters. The van der Waals surface area contributed by atoms with Crippen molar-refractivity contribution in [2.75, 3.05) is 33.3 Å². The Morgan fingerprint density at radius 3 is 3.00 bits per heavy atom. The van der Waals surface area contributed by atoms with Crippen molar-refractivity contribution in [2.45, 2.75) is 32.4 Å². The molecule has 2 saturated heterocycles. The molecule has 2 aromatic rings. The number of piperidine rings is 1. The predicted molar refractivity (Wildman–Crippen MR) is 98.8 cm³/mol. The standard InChI is InChI=1S/C20H28N4O/c1-25-19-5-4-17(12-18(19)14-24-10-3-9-22-24)13-23-11-7-20(16-23)6-2-8-21-15-20/h3-5,9-10,12,21H,2,6-8,11,13-16H2,1H3/t20-/m0/s1. The molecule has 4 rings (SSSR count). The second kappa shape index (κ2) is 7.18. The molecule has 0 amide bonds. The van der Waals surface area contributed by atoms with Crippen molar-refractivity contribution in [3.63, 3.8) is 0 Å². The van der Waals surface area contributed by atoms with Crippen molar-refractivity contribution >= 4 is 0 Å². The van der Waals surface area contributed by atoms with Gasteiger partial charge in [0.25, 0.3) is 0 Å². The summed E-state index contributed by atoms with van der Waals surface area (Å²) in [5, 5.41) is 7.92. The van der Waals surface area contributed by atoms with E-state index in [1.54, 1.807) is 7.11 Å². The Morgan fingerprint density at radius 1 is 1.28 bits per heavy atom. The number of aromatic nitrogens is 2. The summed E-state index contributed by atoms with van der Waals surface area (Å²) in [6.07, 6.45) is 7.84. The summed E-state index contributed by atoms with van der Waals surface area (Å²) < 4.78 is 7.49. The van der Waals surface area contributed by atoms with Crippen molar-refractivity contribution in [3.8, 4) is 5.75 Å². The Balaban J connectivity index is 1.45. The van der Waals surface area contributed by atoms with Crippen molar-refractivity contribution < 1.29 is 4.74 Å². The van der Waals surface area contributed by atoms with Crippen LogP contribution in [0.5, 0.6) is 5.75 Å². The molecule has 25 heavy (non-hydrogen) atoms. The fraction of sp³-hybridized carbons (Fsp3) is 0.550. The van der Waals surface area contributed by atoms with E-state index < -0.39 is 0 Å². The highest BCUT2D eigenvalue weighted by molar-refractivity contribution is 5.37. The fourth-order valence-corrected chi connectivity index (χ4v) is 4.42. The molecule has 0 bridgehead atoms. The van der Waals surface area contributed by atoms with Gasteiger partial charge in [0.05, 0.1) is 13.7 Å². The van der Waals surface area contributed by atoms with E-state index in [1.807, 2.05) is 23.1 Å². The average molecular weight is 340 g/mol. The molecule has 1 N–H and O–H groups in total. The molecule has 3 heterocycles. The lowest BCUT2D eigenvalue weighted by molar-refractivity contribution is 0.199. The Bertz CT molecular complexity index is 692. The summed E-state index contributed by atoms with van der Waals surface area (Å²) >= 11 is 0. The first-order chi connectivity index (χ1) is 12.3. The van der Waals surface area contributed by atoms with E-state index in [2.05, 4.69) is 33.5 Å². The average Bonchev–Trinajstić information content (AvgIpc) is 3.27. The number of hydrogen-bond donors (Lipinski definition) is 1. The third-order valence-corrected chi connectivity index (χ3v) is 5.72. The van der Waals surface area contributed by atoms with Crippen molar-refractivity contribution in [3.05, 3.63) is 47.8 Å². The van der Waals surface area contributed by atoms with Gasteiger partial charge in [-0.05, 0) is 61.5 Å². The third-order valence-electron chi connectivity index (χ3n) is 5.72. The molecule has 1 spiro atoms. The third kappa shape index (κ3) is 3.72. The number of nitrogens with zero attached hydrogens (tertiary/aromatic N) is 3. The Hall–Kier alpha value is -1.85. The largest absolute Gasteiger partial charge is 0.496 e. The first-order valence-electron chi connectivity index (χ1n) is 9.33. The molecule has 0 saturated carbocycles. The molecule has 5 nitrogen and oxygen atoms in total. The van der Waals surface area contributed by atoms with Crippen LogP contribution in [0.1, 0.15) is 30.4 Å². The van der Waals surface area contributed by atoms with Gasteiger partial charge < -0.3 is 10.1 Å². The monoisotopic (exact) mass is 340 g/mol. The van der Waals surface area contributed by atoms with Crippen LogP contribution in [0.2, 0.25) is 0 Å². The number of hydrogen-bond acceptors (Lipinski definition) is 4. The highest BCUT2D eigenvalue weighted by atomic mass is 16.5. The van der Waals surface area contributed by atoms with Crippen LogP contribution >= 0.6 is 0 Å². The van der Waals surface area contributed by atoms with Gasteiger partial charge in [-0.3, -0.25) is 9.58 Å². The summed E-state index contributed by atoms with van der Waals surface area (Å²) in [4.78, 5) is 2.62. The lowest BCUT2D eigenvalue weighted by atomic mass is 9.80. The molecule has 2 aliphatic rings. The van der Waals surface area contributed by atoms with Crippen molar-refractivity contribution in [1.82, 2.24) is 20.0 Å². The molecular weight excluding hydrogens is 312 g/mol. The summed E-state index contributed by atoms with van der Waals surface area (Å²) in [7, 11) is 1.74. The van der Waals surface area contributed by atoms with E-state index in [0.717, 1.165) is 18.8 Å². The maximum absolute atomic E-state index is 5.55. The zero-order chi connectivity index (χ0) is 17.1. The van der Waals surface area contributed by atoms with E-state index in [9.17, 15) is 0 Å². The van der Waals surface area contributed by atoms with E-state index >= 15 is 0 Å². The molecular formula is C20H28N4O. The van der Waals surface area contributed by atoms with Crippen LogP contribution < -0.4 is 10.1 Å². The summed E-state index contributed by atoms with van der Waals surface area (Å²) in [6, 6.07) is 8.54. The molecule has 0 radical (unpaired) electrons. The van der Waals surface area contributed by atoms with Crippen molar-refractivity contribution in [2.24, 2.45) is 5.41 Å². The minimum absolute atomic E-state index is 0.516. The zero-order valence-electron chi connectivity index (χ0n) is 15.1. The molecule has 134 valence electrons. The van der Waals surface area contributed by atoms with Crippen LogP contribution in [-0.2, 0) is 13.1 Å². The lowest BCUT2D eigenvalue weighted by Crippen LogP contribution is -2.41. The Morgan fingerprint density at radius 2 is 2.24 bits per heavy atom. The minimum atomic E-state index is 0.516. The van der Waals surface area contributed by atoms with Crippen LogP contribution in [0.25, 0.3) is 0 Å². The fourth-order valence-electron chi connectivity index (χ4n) is 4.42. The normalized spacial score (nSPS) is 24.0. The topological polar surface area (TPSA) is 42.3 Å². The van der Waals surface area contributed by atoms with Crippen LogP contribution in [0.3, 0.4) is 0 Å². The number of likely N-dealkylation sites (tertiary alicyclic amines) is 1. The Kier molecular flexibility index (Phi) is 4.77. The van der Waals surface area contributed by atoms with Crippen LogP contribution in [0.4, 0.5) is 0 Å². The molecule has 1 atom stereocenters. The van der Waals surface area contributed by atoms with E-state index in [4.69, 9.17) is 4.74 Å². The maximum atomic E-state index is 5.55. The van der Waals surface area contributed by atoms with Gasteiger partial charge in [-0.1, -0.05) is 6.07 Å². The van der Waals surface area contributed by atoms with Crippen LogP contribution in [0, 0.1) is 5.41 Å². The molecule has 5 heteroatoms. The van der Waals surface area contributed by atoms with Gasteiger partial charge in [0, 0.05) is 37.6 Å². The van der Waals surface area contributed by atoms with Gasteiger partial charge in [0.1, 0.15) is 5.75 Å². The molecule has 1 aromatic carbocycles. The van der Waals surface area contributed by atoms with Crippen LogP contribution in [-0.4, -0.2) is 48.0 Å². The number of benzene rings is 1.